The summed E-state index contributed by atoms with van der Waals surface area (Å²) in [5.41, 5.74) is 0.0714. The van der Waals surface area contributed by atoms with Gasteiger partial charge in [0.05, 0.1) is 18.8 Å². The van der Waals surface area contributed by atoms with Crippen molar-refractivity contribution in [1.82, 2.24) is 0 Å². The predicted molar refractivity (Wildman–Crippen MR) is 64.7 cm³/mol. The first-order valence-corrected chi connectivity index (χ1v) is 5.96. The Bertz CT molecular complexity index is 407. The minimum Gasteiger partial charge on any atom is -0.497 e. The van der Waals surface area contributed by atoms with E-state index < -0.39 is 18.2 Å². The quantitative estimate of drug-likeness (QED) is 0.711. The Balaban J connectivity index is 3.18. The summed E-state index contributed by atoms with van der Waals surface area (Å²) in [6.45, 7) is 0. The van der Waals surface area contributed by atoms with Crippen LogP contribution in [0.15, 0.2) is 18.2 Å². The van der Waals surface area contributed by atoms with Crippen molar-refractivity contribution in [3.05, 3.63) is 29.3 Å². The number of rotatable bonds is 5. The molecule has 0 saturated carbocycles. The lowest BCUT2D eigenvalue weighted by Gasteiger charge is -2.18. The van der Waals surface area contributed by atoms with Crippen molar-refractivity contribution < 1.29 is 24.9 Å². The van der Waals surface area contributed by atoms with E-state index in [-0.39, 0.29) is 16.5 Å². The van der Waals surface area contributed by atoms with Gasteiger partial charge in [-0.2, -0.15) is 0 Å². The number of aromatic carboxylic acids is 1. The van der Waals surface area contributed by atoms with Crippen LogP contribution < -0.4 is 4.74 Å². The number of aliphatic hydroxyl groups excluding tert-OH is 2. The minimum atomic E-state index is -1.26. The number of carboxylic acids is 1. The van der Waals surface area contributed by atoms with Crippen LogP contribution in [0.25, 0.3) is 0 Å². The lowest BCUT2D eigenvalue weighted by atomic mass is 9.99. The molecule has 0 aliphatic heterocycles. The summed E-state index contributed by atoms with van der Waals surface area (Å²) in [7, 11) is 1.42. The van der Waals surface area contributed by atoms with Gasteiger partial charge in [-0.1, -0.05) is 22.0 Å². The average molecular weight is 305 g/mol. The normalized spacial score (nSPS) is 14.1. The number of hydrogen-bond donors (Lipinski definition) is 3. The highest BCUT2D eigenvalue weighted by Crippen LogP contribution is 2.26. The molecule has 6 heteroatoms. The molecule has 0 aromatic heterocycles. The molecule has 0 aliphatic carbocycles. The molecule has 1 aromatic carbocycles. The largest absolute Gasteiger partial charge is 0.497 e. The molecule has 2 atom stereocenters. The van der Waals surface area contributed by atoms with E-state index in [4.69, 9.17) is 9.84 Å². The van der Waals surface area contributed by atoms with Crippen molar-refractivity contribution in [3.63, 3.8) is 0 Å². The van der Waals surface area contributed by atoms with Crippen LogP contribution in [-0.2, 0) is 0 Å². The first-order chi connectivity index (χ1) is 8.01. The molecule has 94 valence electrons. The summed E-state index contributed by atoms with van der Waals surface area (Å²) >= 11 is 3.02. The highest BCUT2D eigenvalue weighted by atomic mass is 79.9. The third-order valence-electron chi connectivity index (χ3n) is 2.33. The zero-order valence-corrected chi connectivity index (χ0v) is 10.7. The van der Waals surface area contributed by atoms with Gasteiger partial charge in [-0.15, -0.1) is 0 Å². The summed E-state index contributed by atoms with van der Waals surface area (Å²) in [5, 5.41) is 28.5. The van der Waals surface area contributed by atoms with E-state index in [2.05, 4.69) is 15.9 Å². The van der Waals surface area contributed by atoms with Crippen LogP contribution in [0.1, 0.15) is 22.0 Å². The van der Waals surface area contributed by atoms with E-state index in [9.17, 15) is 15.0 Å². The number of carboxylic acid groups (broad SMARTS) is 1. The Morgan fingerprint density at radius 2 is 2.12 bits per heavy atom. The molecule has 0 aliphatic rings. The summed E-state index contributed by atoms with van der Waals surface area (Å²) in [6.07, 6.45) is -2.33. The molecule has 2 unspecified atom stereocenters. The molecule has 5 nitrogen and oxygen atoms in total. The van der Waals surface area contributed by atoms with Crippen molar-refractivity contribution in [3.8, 4) is 5.75 Å². The zero-order chi connectivity index (χ0) is 13.0. The van der Waals surface area contributed by atoms with Gasteiger partial charge >= 0.3 is 5.97 Å². The topological polar surface area (TPSA) is 87.0 Å². The first kappa shape index (κ1) is 14.0. The summed E-state index contributed by atoms with van der Waals surface area (Å²) in [6, 6.07) is 4.27. The third kappa shape index (κ3) is 3.18. The number of benzene rings is 1. The Morgan fingerprint density at radius 3 is 2.59 bits per heavy atom. The van der Waals surface area contributed by atoms with Gasteiger partial charge in [-0.3, -0.25) is 0 Å². The average Bonchev–Trinajstić information content (AvgIpc) is 2.35. The van der Waals surface area contributed by atoms with Crippen LogP contribution in [0.5, 0.6) is 5.75 Å². The van der Waals surface area contributed by atoms with Crippen LogP contribution in [0.3, 0.4) is 0 Å². The molecule has 0 radical (unpaired) electrons. The summed E-state index contributed by atoms with van der Waals surface area (Å²) in [5.74, 6) is -0.800. The highest BCUT2D eigenvalue weighted by Gasteiger charge is 2.23. The number of carbonyl (C=O) groups is 1. The van der Waals surface area contributed by atoms with E-state index in [0.717, 1.165) is 0 Å². The molecular formula is C11H13BrO5. The van der Waals surface area contributed by atoms with Crippen molar-refractivity contribution in [2.75, 3.05) is 12.4 Å². The summed E-state index contributed by atoms with van der Waals surface area (Å²) < 4.78 is 4.91. The van der Waals surface area contributed by atoms with Gasteiger partial charge in [0.1, 0.15) is 11.9 Å². The van der Waals surface area contributed by atoms with E-state index in [1.54, 1.807) is 0 Å². The molecule has 0 amide bonds. The number of alkyl halides is 1. The molecular weight excluding hydrogens is 292 g/mol. The second-order valence-electron chi connectivity index (χ2n) is 3.42. The molecule has 17 heavy (non-hydrogen) atoms. The molecule has 1 rings (SSSR count). The van der Waals surface area contributed by atoms with Crippen LogP contribution in [0.4, 0.5) is 0 Å². The lowest BCUT2D eigenvalue weighted by Crippen LogP contribution is -2.21. The Hall–Kier alpha value is -1.11. The minimum absolute atomic E-state index is 0.0862. The molecule has 1 aromatic rings. The third-order valence-corrected chi connectivity index (χ3v) is 3.00. The Labute approximate surface area is 107 Å². The summed E-state index contributed by atoms with van der Waals surface area (Å²) in [4.78, 5) is 11.0. The molecule has 0 spiro atoms. The van der Waals surface area contributed by atoms with Gasteiger partial charge in [0.15, 0.2) is 0 Å². The van der Waals surface area contributed by atoms with E-state index in [1.165, 1.54) is 25.3 Å². The fourth-order valence-corrected chi connectivity index (χ4v) is 1.75. The van der Waals surface area contributed by atoms with Crippen LogP contribution in [0.2, 0.25) is 0 Å². The molecule has 3 N–H and O–H groups in total. The highest BCUT2D eigenvalue weighted by molar-refractivity contribution is 9.09. The second kappa shape index (κ2) is 6.00. The maximum absolute atomic E-state index is 11.0. The number of hydrogen-bond acceptors (Lipinski definition) is 4. The fraction of sp³-hybridized carbons (Fsp3) is 0.364. The zero-order valence-electron chi connectivity index (χ0n) is 9.13. The first-order valence-electron chi connectivity index (χ1n) is 4.84. The van der Waals surface area contributed by atoms with Gasteiger partial charge in [0, 0.05) is 5.33 Å². The molecule has 0 fully saturated rings. The lowest BCUT2D eigenvalue weighted by molar-refractivity contribution is 0.0327. The number of halogens is 1. The van der Waals surface area contributed by atoms with Crippen molar-refractivity contribution >= 4 is 21.9 Å². The van der Waals surface area contributed by atoms with Crippen molar-refractivity contribution in [2.45, 2.75) is 12.2 Å². The van der Waals surface area contributed by atoms with E-state index in [0.29, 0.717) is 5.75 Å². The van der Waals surface area contributed by atoms with E-state index >= 15 is 0 Å². The van der Waals surface area contributed by atoms with Gasteiger partial charge in [-0.25, -0.2) is 4.79 Å². The van der Waals surface area contributed by atoms with Gasteiger partial charge in [-0.05, 0) is 17.7 Å². The fourth-order valence-electron chi connectivity index (χ4n) is 1.40. The standard InChI is InChI=1S/C11H13BrO5/c1-17-6-2-3-7(8(4-6)11(15)16)10(14)9(13)5-12/h2-4,9-10,13-14H,5H2,1H3,(H,15,16). The van der Waals surface area contributed by atoms with Crippen LogP contribution in [0, 0.1) is 0 Å². The SMILES string of the molecule is COc1ccc(C(O)C(O)CBr)c(C(=O)O)c1. The maximum atomic E-state index is 11.0. The van der Waals surface area contributed by atoms with Gasteiger partial charge in [0.2, 0.25) is 0 Å². The number of aliphatic hydroxyl groups is 2. The second-order valence-corrected chi connectivity index (χ2v) is 4.07. The smallest absolute Gasteiger partial charge is 0.336 e. The monoisotopic (exact) mass is 304 g/mol. The van der Waals surface area contributed by atoms with Crippen molar-refractivity contribution in [2.24, 2.45) is 0 Å². The predicted octanol–water partition coefficient (Wildman–Crippen LogP) is 1.18. The number of methoxy groups -OCH3 is 1. The van der Waals surface area contributed by atoms with Crippen molar-refractivity contribution in [1.29, 1.82) is 0 Å². The maximum Gasteiger partial charge on any atom is 0.336 e. The van der Waals surface area contributed by atoms with Gasteiger partial charge < -0.3 is 20.1 Å². The molecule has 0 heterocycles. The Morgan fingerprint density at radius 1 is 1.47 bits per heavy atom. The molecule has 0 bridgehead atoms. The van der Waals surface area contributed by atoms with E-state index in [1.807, 2.05) is 0 Å². The van der Waals surface area contributed by atoms with Crippen LogP contribution in [-0.4, -0.2) is 39.8 Å². The molecule has 0 saturated heterocycles. The number of ether oxygens (including phenoxy) is 1. The van der Waals surface area contributed by atoms with Crippen LogP contribution >= 0.6 is 15.9 Å². The van der Waals surface area contributed by atoms with Gasteiger partial charge in [0.25, 0.3) is 0 Å². The Kier molecular flexibility index (Phi) is 4.92.